The van der Waals surface area contributed by atoms with Gasteiger partial charge < -0.3 is 14.4 Å². The molecule has 0 saturated carbocycles. The molecule has 2 aromatic rings. The van der Waals surface area contributed by atoms with Crippen LogP contribution in [0.25, 0.3) is 10.8 Å². The van der Waals surface area contributed by atoms with Crippen molar-refractivity contribution in [3.63, 3.8) is 0 Å². The molecule has 3 heterocycles. The summed E-state index contributed by atoms with van der Waals surface area (Å²) < 4.78 is 5.30. The van der Waals surface area contributed by atoms with Gasteiger partial charge in [-0.2, -0.15) is 0 Å². The smallest absolute Gasteiger partial charge is 0.273 e. The predicted octanol–water partition coefficient (Wildman–Crippen LogP) is 2.31. The lowest BCUT2D eigenvalue weighted by Crippen LogP contribution is -2.63. The van der Waals surface area contributed by atoms with Crippen molar-refractivity contribution in [3.8, 4) is 10.8 Å². The van der Waals surface area contributed by atoms with E-state index in [4.69, 9.17) is 4.42 Å². The fourth-order valence-corrected chi connectivity index (χ4v) is 3.16. The molecule has 1 aliphatic heterocycles. The number of rotatable bonds is 3. The van der Waals surface area contributed by atoms with Gasteiger partial charge >= 0.3 is 0 Å². The molecule has 0 bridgehead atoms. The zero-order valence-electron chi connectivity index (χ0n) is 11.4. The van der Waals surface area contributed by atoms with E-state index in [1.807, 2.05) is 19.9 Å². The largest absolute Gasteiger partial charge is 0.462 e. The number of hydrogen-bond acceptors (Lipinski definition) is 5. The summed E-state index contributed by atoms with van der Waals surface area (Å²) in [6.07, 6.45) is 2.24. The van der Waals surface area contributed by atoms with Crippen molar-refractivity contribution < 1.29 is 14.3 Å². The molecular weight excluding hydrogens is 276 g/mol. The molecule has 0 unspecified atom stereocenters. The highest BCUT2D eigenvalue weighted by molar-refractivity contribution is 7.15. The fourth-order valence-electron chi connectivity index (χ4n) is 2.28. The molecule has 1 amide bonds. The van der Waals surface area contributed by atoms with Crippen LogP contribution in [0.2, 0.25) is 0 Å². The highest BCUT2D eigenvalue weighted by Crippen LogP contribution is 2.31. The van der Waals surface area contributed by atoms with Crippen molar-refractivity contribution in [2.24, 2.45) is 0 Å². The van der Waals surface area contributed by atoms with Crippen LogP contribution in [-0.4, -0.2) is 39.6 Å². The molecule has 1 aliphatic rings. The first-order chi connectivity index (χ1) is 9.52. The van der Waals surface area contributed by atoms with Gasteiger partial charge in [0.05, 0.1) is 25.0 Å². The Balaban J connectivity index is 1.80. The number of hydrogen-bond donors (Lipinski definition) is 1. The Morgan fingerprint density at radius 3 is 2.95 bits per heavy atom. The number of β-amino-alcohol motifs (C(OH)–C–C–N with tert-alkyl or cyclic N) is 1. The summed E-state index contributed by atoms with van der Waals surface area (Å²) in [6.45, 7) is 4.57. The second-order valence-electron chi connectivity index (χ2n) is 5.14. The summed E-state index contributed by atoms with van der Waals surface area (Å²) in [5.41, 5.74) is -0.261. The first-order valence-electron chi connectivity index (χ1n) is 6.55. The molecular formula is C14H16N2O3S. The monoisotopic (exact) mass is 292 g/mol. The number of aromatic nitrogens is 1. The number of thiazole rings is 1. The third-order valence-electron chi connectivity index (χ3n) is 3.65. The second-order valence-corrected chi connectivity index (χ2v) is 6.34. The van der Waals surface area contributed by atoms with Crippen LogP contribution in [0.4, 0.5) is 0 Å². The number of aryl methyl sites for hydroxylation is 1. The van der Waals surface area contributed by atoms with E-state index >= 15 is 0 Å². The molecule has 106 valence electrons. The highest BCUT2D eigenvalue weighted by Gasteiger charge is 2.43. The topological polar surface area (TPSA) is 66.6 Å². The molecule has 1 N–H and O–H groups in total. The van der Waals surface area contributed by atoms with Crippen molar-refractivity contribution in [1.29, 1.82) is 0 Å². The zero-order chi connectivity index (χ0) is 14.3. The SMILES string of the molecule is CCC1(O)CN(C(=O)c2nc(-c3ccco3)sc2C)C1. The van der Waals surface area contributed by atoms with Crippen molar-refractivity contribution in [1.82, 2.24) is 9.88 Å². The van der Waals surface area contributed by atoms with E-state index in [1.54, 1.807) is 17.2 Å². The lowest BCUT2D eigenvalue weighted by Gasteiger charge is -2.45. The maximum absolute atomic E-state index is 12.4. The quantitative estimate of drug-likeness (QED) is 0.942. The average molecular weight is 292 g/mol. The maximum Gasteiger partial charge on any atom is 0.273 e. The van der Waals surface area contributed by atoms with Crippen LogP contribution in [0.1, 0.15) is 28.7 Å². The molecule has 0 spiro atoms. The summed E-state index contributed by atoms with van der Waals surface area (Å²) >= 11 is 1.44. The third-order valence-corrected chi connectivity index (χ3v) is 4.63. The van der Waals surface area contributed by atoms with Gasteiger partial charge in [-0.15, -0.1) is 11.3 Å². The molecule has 0 radical (unpaired) electrons. The number of furan rings is 1. The first kappa shape index (κ1) is 13.3. The molecule has 2 aromatic heterocycles. The molecule has 1 fully saturated rings. The van der Waals surface area contributed by atoms with Crippen molar-refractivity contribution in [3.05, 3.63) is 29.0 Å². The van der Waals surface area contributed by atoms with E-state index in [-0.39, 0.29) is 5.91 Å². The number of nitrogens with zero attached hydrogens (tertiary/aromatic N) is 2. The van der Waals surface area contributed by atoms with Gasteiger partial charge in [-0.25, -0.2) is 4.98 Å². The van der Waals surface area contributed by atoms with Gasteiger partial charge in [-0.05, 0) is 25.5 Å². The lowest BCUT2D eigenvalue weighted by atomic mass is 9.91. The van der Waals surface area contributed by atoms with E-state index in [0.29, 0.717) is 36.0 Å². The number of amides is 1. The number of aliphatic hydroxyl groups is 1. The molecule has 0 aliphatic carbocycles. The van der Waals surface area contributed by atoms with Crippen LogP contribution in [0.3, 0.4) is 0 Å². The summed E-state index contributed by atoms with van der Waals surface area (Å²) in [4.78, 5) is 19.2. The minimum atomic E-state index is -0.719. The van der Waals surface area contributed by atoms with Gasteiger partial charge in [-0.1, -0.05) is 6.92 Å². The van der Waals surface area contributed by atoms with Crippen LogP contribution in [0.15, 0.2) is 22.8 Å². The fraction of sp³-hybridized carbons (Fsp3) is 0.429. The van der Waals surface area contributed by atoms with Gasteiger partial charge in [0, 0.05) is 4.88 Å². The summed E-state index contributed by atoms with van der Waals surface area (Å²) in [5.74, 6) is 0.556. The zero-order valence-corrected chi connectivity index (χ0v) is 12.2. The van der Waals surface area contributed by atoms with Gasteiger partial charge in [0.1, 0.15) is 5.69 Å². The molecule has 5 nitrogen and oxygen atoms in total. The highest BCUT2D eigenvalue weighted by atomic mass is 32.1. The van der Waals surface area contributed by atoms with E-state index in [1.165, 1.54) is 11.3 Å². The predicted molar refractivity (Wildman–Crippen MR) is 75.7 cm³/mol. The summed E-state index contributed by atoms with van der Waals surface area (Å²) in [6, 6.07) is 3.62. The van der Waals surface area contributed by atoms with E-state index in [2.05, 4.69) is 4.98 Å². The maximum atomic E-state index is 12.4. The van der Waals surface area contributed by atoms with Crippen LogP contribution >= 0.6 is 11.3 Å². The van der Waals surface area contributed by atoms with Crippen molar-refractivity contribution >= 4 is 17.2 Å². The number of carbonyl (C=O) groups is 1. The Hall–Kier alpha value is -1.66. The molecule has 20 heavy (non-hydrogen) atoms. The van der Waals surface area contributed by atoms with Crippen LogP contribution < -0.4 is 0 Å². The van der Waals surface area contributed by atoms with Crippen LogP contribution in [0, 0.1) is 6.92 Å². The van der Waals surface area contributed by atoms with E-state index in [9.17, 15) is 9.90 Å². The van der Waals surface area contributed by atoms with Crippen molar-refractivity contribution in [2.75, 3.05) is 13.1 Å². The number of carbonyl (C=O) groups excluding carboxylic acids is 1. The average Bonchev–Trinajstić information content (AvgIpc) is 3.03. The minimum absolute atomic E-state index is 0.116. The first-order valence-corrected chi connectivity index (χ1v) is 7.37. The normalized spacial score (nSPS) is 17.1. The Kier molecular flexibility index (Phi) is 3.14. The number of likely N-dealkylation sites (tertiary alicyclic amines) is 1. The van der Waals surface area contributed by atoms with E-state index in [0.717, 1.165) is 4.88 Å². The molecule has 1 saturated heterocycles. The molecule has 0 aromatic carbocycles. The lowest BCUT2D eigenvalue weighted by molar-refractivity contribution is -0.0828. The summed E-state index contributed by atoms with van der Waals surface area (Å²) in [7, 11) is 0. The third kappa shape index (κ3) is 2.14. The molecule has 6 heteroatoms. The van der Waals surface area contributed by atoms with Crippen molar-refractivity contribution in [2.45, 2.75) is 25.9 Å². The minimum Gasteiger partial charge on any atom is -0.462 e. The molecule has 3 rings (SSSR count). The molecule has 0 atom stereocenters. The Morgan fingerprint density at radius 2 is 2.35 bits per heavy atom. The Morgan fingerprint density at radius 1 is 1.60 bits per heavy atom. The van der Waals surface area contributed by atoms with Gasteiger partial charge in [0.25, 0.3) is 5.91 Å². The van der Waals surface area contributed by atoms with Gasteiger partial charge in [-0.3, -0.25) is 4.79 Å². The second kappa shape index (κ2) is 4.71. The standard InChI is InChI=1S/C14H16N2O3S/c1-3-14(18)7-16(8-14)13(17)11-9(2)20-12(15-11)10-5-4-6-19-10/h4-6,18H,3,7-8H2,1-2H3. The van der Waals surface area contributed by atoms with Gasteiger partial charge in [0.15, 0.2) is 10.8 Å². The van der Waals surface area contributed by atoms with Gasteiger partial charge in [0.2, 0.25) is 0 Å². The Labute approximate surface area is 120 Å². The van der Waals surface area contributed by atoms with E-state index < -0.39 is 5.60 Å². The summed E-state index contributed by atoms with van der Waals surface area (Å²) in [5, 5.41) is 10.7. The van der Waals surface area contributed by atoms with Crippen LogP contribution in [0.5, 0.6) is 0 Å². The Bertz CT molecular complexity index is 627. The van der Waals surface area contributed by atoms with Crippen LogP contribution in [-0.2, 0) is 0 Å².